The summed E-state index contributed by atoms with van der Waals surface area (Å²) in [6, 6.07) is 5.49. The largest absolute Gasteiger partial charge is 0.461 e. The van der Waals surface area contributed by atoms with Gasteiger partial charge >= 0.3 is 0 Å². The third-order valence-corrected chi connectivity index (χ3v) is 6.14. The van der Waals surface area contributed by atoms with Gasteiger partial charge in [-0.25, -0.2) is 0 Å². The summed E-state index contributed by atoms with van der Waals surface area (Å²) in [7, 11) is 0. The molecule has 3 heterocycles. The maximum atomic E-state index is 13.0. The number of carbonyl (C=O) groups excluding carboxylic acids is 2. The molecule has 0 saturated carbocycles. The number of aromatic nitrogens is 4. The molecule has 31 heavy (non-hydrogen) atoms. The van der Waals surface area contributed by atoms with Crippen LogP contribution in [0.2, 0.25) is 0 Å². The Morgan fingerprint density at radius 3 is 2.61 bits per heavy atom. The molecule has 1 amide bonds. The van der Waals surface area contributed by atoms with Gasteiger partial charge in [0.1, 0.15) is 0 Å². The van der Waals surface area contributed by atoms with Crippen molar-refractivity contribution >= 4 is 23.5 Å². The normalized spacial score (nSPS) is 11.4. The van der Waals surface area contributed by atoms with E-state index in [2.05, 4.69) is 28.6 Å². The average Bonchev–Trinajstić information content (AvgIpc) is 3.42. The van der Waals surface area contributed by atoms with Crippen LogP contribution in [-0.4, -0.2) is 36.8 Å². The van der Waals surface area contributed by atoms with Crippen molar-refractivity contribution in [2.45, 2.75) is 58.8 Å². The van der Waals surface area contributed by atoms with Crippen LogP contribution >= 0.6 is 11.8 Å². The molecule has 3 rings (SSSR count). The fourth-order valence-electron chi connectivity index (χ4n) is 3.43. The van der Waals surface area contributed by atoms with E-state index in [1.807, 2.05) is 19.9 Å². The van der Waals surface area contributed by atoms with Crippen LogP contribution in [0.1, 0.15) is 48.4 Å². The van der Waals surface area contributed by atoms with Crippen molar-refractivity contribution in [1.82, 2.24) is 19.3 Å². The maximum absolute atomic E-state index is 13.0. The van der Waals surface area contributed by atoms with Crippen molar-refractivity contribution in [3.05, 3.63) is 41.4 Å². The highest BCUT2D eigenvalue weighted by Crippen LogP contribution is 2.26. The van der Waals surface area contributed by atoms with Crippen molar-refractivity contribution in [2.75, 3.05) is 5.75 Å². The van der Waals surface area contributed by atoms with Gasteiger partial charge in [-0.05, 0) is 44.4 Å². The summed E-state index contributed by atoms with van der Waals surface area (Å²) in [5, 5.41) is 8.96. The molecule has 0 aromatic carbocycles. The lowest BCUT2D eigenvalue weighted by molar-refractivity contribution is -0.118. The summed E-state index contributed by atoms with van der Waals surface area (Å²) in [6.07, 6.45) is 2.76. The summed E-state index contributed by atoms with van der Waals surface area (Å²) in [6.45, 7) is 9.65. The summed E-state index contributed by atoms with van der Waals surface area (Å²) >= 11 is 1.30. The number of amides is 1. The minimum atomic E-state index is -0.417. The van der Waals surface area contributed by atoms with E-state index >= 15 is 0 Å². The Labute approximate surface area is 186 Å². The van der Waals surface area contributed by atoms with Gasteiger partial charge in [0.2, 0.25) is 5.91 Å². The maximum Gasteiger partial charge on any atom is 0.219 e. The van der Waals surface area contributed by atoms with Crippen LogP contribution in [0.15, 0.2) is 34.0 Å². The molecule has 9 heteroatoms. The topological polar surface area (TPSA) is 109 Å². The minimum absolute atomic E-state index is 0.0397. The molecule has 2 N–H and O–H groups in total. The van der Waals surface area contributed by atoms with E-state index in [9.17, 15) is 9.59 Å². The van der Waals surface area contributed by atoms with E-state index in [-0.39, 0.29) is 18.0 Å². The highest BCUT2D eigenvalue weighted by atomic mass is 32.2. The number of furan rings is 1. The lowest BCUT2D eigenvalue weighted by Crippen LogP contribution is -2.15. The van der Waals surface area contributed by atoms with E-state index in [1.54, 1.807) is 23.0 Å². The number of hydrogen-bond acceptors (Lipinski definition) is 6. The summed E-state index contributed by atoms with van der Waals surface area (Å²) in [5.74, 6) is 1.50. The molecular formula is C22H29N5O3S. The number of aryl methyl sites for hydroxylation is 1. The zero-order valence-corrected chi connectivity index (χ0v) is 19.2. The first kappa shape index (κ1) is 22.9. The second-order valence-electron chi connectivity index (χ2n) is 7.98. The summed E-state index contributed by atoms with van der Waals surface area (Å²) in [4.78, 5) is 24.3. The molecule has 0 saturated heterocycles. The van der Waals surface area contributed by atoms with E-state index < -0.39 is 5.91 Å². The zero-order chi connectivity index (χ0) is 22.5. The monoisotopic (exact) mass is 443 g/mol. The number of nitrogens with two attached hydrogens (primary N) is 1. The van der Waals surface area contributed by atoms with Gasteiger partial charge in [-0.3, -0.25) is 14.2 Å². The number of thioether (sulfide) groups is 1. The van der Waals surface area contributed by atoms with E-state index in [0.717, 1.165) is 29.9 Å². The molecule has 0 unspecified atom stereocenters. The molecule has 0 aliphatic rings. The first-order valence-corrected chi connectivity index (χ1v) is 11.3. The third-order valence-electron chi connectivity index (χ3n) is 5.18. The predicted molar refractivity (Wildman–Crippen MR) is 120 cm³/mol. The first-order valence-electron chi connectivity index (χ1n) is 10.4. The lowest BCUT2D eigenvalue weighted by atomic mass is 10.1. The first-order chi connectivity index (χ1) is 14.8. The van der Waals surface area contributed by atoms with Gasteiger partial charge in [-0.2, -0.15) is 0 Å². The molecule has 3 aromatic heterocycles. The number of nitrogens with zero attached hydrogens (tertiary/aromatic N) is 4. The van der Waals surface area contributed by atoms with Crippen molar-refractivity contribution in [3.8, 4) is 11.6 Å². The summed E-state index contributed by atoms with van der Waals surface area (Å²) < 4.78 is 9.41. The van der Waals surface area contributed by atoms with Crippen molar-refractivity contribution in [1.29, 1.82) is 0 Å². The van der Waals surface area contributed by atoms with Crippen LogP contribution in [0.25, 0.3) is 11.6 Å². The molecule has 3 aromatic rings. The molecule has 0 atom stereocenters. The molecule has 0 bridgehead atoms. The Morgan fingerprint density at radius 1 is 1.19 bits per heavy atom. The molecule has 0 fully saturated rings. The van der Waals surface area contributed by atoms with Gasteiger partial charge in [-0.1, -0.05) is 25.6 Å². The average molecular weight is 444 g/mol. The Balaban J connectivity index is 1.76. The Bertz CT molecular complexity index is 1050. The van der Waals surface area contributed by atoms with Crippen LogP contribution in [-0.2, 0) is 17.9 Å². The smallest absolute Gasteiger partial charge is 0.219 e. The number of carbonyl (C=O) groups is 2. The fraction of sp³-hybridized carbons (Fsp3) is 0.455. The highest BCUT2D eigenvalue weighted by molar-refractivity contribution is 7.99. The van der Waals surface area contributed by atoms with E-state index in [1.165, 1.54) is 11.8 Å². The van der Waals surface area contributed by atoms with Gasteiger partial charge in [0.05, 0.1) is 12.0 Å². The molecular weight excluding hydrogens is 414 g/mol. The van der Waals surface area contributed by atoms with Crippen molar-refractivity contribution < 1.29 is 14.0 Å². The van der Waals surface area contributed by atoms with Crippen molar-refractivity contribution in [3.63, 3.8) is 0 Å². The third kappa shape index (κ3) is 5.46. The number of rotatable bonds is 11. The zero-order valence-electron chi connectivity index (χ0n) is 18.4. The molecule has 166 valence electrons. The van der Waals surface area contributed by atoms with E-state index in [0.29, 0.717) is 29.2 Å². The van der Waals surface area contributed by atoms with Gasteiger partial charge in [0.15, 0.2) is 22.5 Å². The number of ketones is 1. The number of primary amides is 1. The summed E-state index contributed by atoms with van der Waals surface area (Å²) in [5.41, 5.74) is 8.15. The molecule has 0 aliphatic carbocycles. The van der Waals surface area contributed by atoms with Crippen LogP contribution < -0.4 is 5.73 Å². The Kier molecular flexibility index (Phi) is 7.37. The van der Waals surface area contributed by atoms with Crippen LogP contribution in [0, 0.1) is 19.8 Å². The van der Waals surface area contributed by atoms with Crippen LogP contribution in [0.3, 0.4) is 0 Å². The fourth-order valence-corrected chi connectivity index (χ4v) is 4.28. The molecule has 8 nitrogen and oxygen atoms in total. The number of Topliss-reactive ketones (excluding diaryl/α,β-unsaturated/α-hetero) is 1. The van der Waals surface area contributed by atoms with Gasteiger partial charge in [0, 0.05) is 36.5 Å². The Hall–Kier alpha value is -2.81. The SMILES string of the molecule is Cc1cc(C(=O)CSc2nnc(-c3ccco3)n2CCC(N)=O)c(C)n1CCC(C)C. The quantitative estimate of drug-likeness (QED) is 0.356. The molecule has 0 aliphatic heterocycles. The second kappa shape index (κ2) is 10.00. The van der Waals surface area contributed by atoms with Gasteiger partial charge in [0.25, 0.3) is 0 Å². The van der Waals surface area contributed by atoms with Crippen LogP contribution in [0.5, 0.6) is 0 Å². The standard InChI is InChI=1S/C22H29N5O3S/c1-14(2)7-9-26-15(3)12-17(16(26)4)18(28)13-31-22-25-24-21(19-6-5-11-30-19)27(22)10-8-20(23)29/h5-6,11-12,14H,7-10,13H2,1-4H3,(H2,23,29). The molecule has 0 spiro atoms. The number of hydrogen-bond donors (Lipinski definition) is 1. The van der Waals surface area contributed by atoms with Crippen molar-refractivity contribution in [2.24, 2.45) is 11.7 Å². The molecule has 0 radical (unpaired) electrons. The van der Waals surface area contributed by atoms with Gasteiger partial charge < -0.3 is 14.7 Å². The van der Waals surface area contributed by atoms with E-state index in [4.69, 9.17) is 10.2 Å². The van der Waals surface area contributed by atoms with Crippen LogP contribution in [0.4, 0.5) is 0 Å². The Morgan fingerprint density at radius 2 is 1.97 bits per heavy atom. The lowest BCUT2D eigenvalue weighted by Gasteiger charge is -2.11. The minimum Gasteiger partial charge on any atom is -0.461 e. The predicted octanol–water partition coefficient (Wildman–Crippen LogP) is 3.85. The van der Waals surface area contributed by atoms with Gasteiger partial charge in [-0.15, -0.1) is 10.2 Å². The highest BCUT2D eigenvalue weighted by Gasteiger charge is 2.20. The second-order valence-corrected chi connectivity index (χ2v) is 8.92.